The highest BCUT2D eigenvalue weighted by Crippen LogP contribution is 2.44. The second kappa shape index (κ2) is 4.72. The van der Waals surface area contributed by atoms with Crippen molar-refractivity contribution in [2.24, 2.45) is 10.6 Å². The Morgan fingerprint density at radius 3 is 2.41 bits per heavy atom. The van der Waals surface area contributed by atoms with Gasteiger partial charge in [0.1, 0.15) is 5.54 Å². The van der Waals surface area contributed by atoms with Crippen LogP contribution in [0.5, 0.6) is 0 Å². The van der Waals surface area contributed by atoms with E-state index in [1.807, 2.05) is 20.8 Å². The van der Waals surface area contributed by atoms with Gasteiger partial charge in [0, 0.05) is 6.54 Å². The van der Waals surface area contributed by atoms with Crippen LogP contribution >= 0.6 is 11.6 Å². The maximum atomic E-state index is 11.4. The van der Waals surface area contributed by atoms with Crippen LogP contribution in [0.2, 0.25) is 0 Å². The summed E-state index contributed by atoms with van der Waals surface area (Å²) in [4.78, 5) is 12.7. The molecule has 1 aliphatic heterocycles. The number of hydrogen-bond acceptors (Lipinski definition) is 3. The zero-order valence-corrected chi connectivity index (χ0v) is 11.2. The normalized spacial score (nSPS) is 27.1. The minimum atomic E-state index is -1.03. The molecule has 2 N–H and O–H groups in total. The van der Waals surface area contributed by atoms with Gasteiger partial charge in [0.15, 0.2) is 5.17 Å². The first-order chi connectivity index (χ1) is 7.77. The third kappa shape index (κ3) is 2.20. The molecule has 5 nitrogen and oxygen atoms in total. The van der Waals surface area contributed by atoms with Gasteiger partial charge in [0.25, 0.3) is 0 Å². The first-order valence-electron chi connectivity index (χ1n) is 5.66. The second-order valence-corrected chi connectivity index (χ2v) is 5.75. The number of piperidine rings is 1. The number of carboxylic acid groups (broad SMARTS) is 1. The largest absolute Gasteiger partial charge is 0.465 e. The lowest BCUT2D eigenvalue weighted by Gasteiger charge is -2.52. The monoisotopic (exact) mass is 262 g/mol. The molecule has 0 aliphatic carbocycles. The fraction of sp³-hybridized carbons (Fsp3) is 0.818. The average Bonchev–Trinajstić information content (AvgIpc) is 2.26. The van der Waals surface area contributed by atoms with Crippen LogP contribution < -0.4 is 0 Å². The highest BCUT2D eigenvalue weighted by atomic mass is 35.5. The summed E-state index contributed by atoms with van der Waals surface area (Å²) in [6.45, 7) is 6.13. The molecule has 0 bridgehead atoms. The molecule has 6 heteroatoms. The summed E-state index contributed by atoms with van der Waals surface area (Å²) < 4.78 is 0. The molecule has 0 radical (unpaired) electrons. The molecule has 1 atom stereocenters. The molecular formula is C11H19ClN2O3. The van der Waals surface area contributed by atoms with Crippen molar-refractivity contribution in [2.45, 2.75) is 45.6 Å². The van der Waals surface area contributed by atoms with Crippen molar-refractivity contribution in [1.29, 1.82) is 0 Å². The van der Waals surface area contributed by atoms with E-state index in [1.54, 1.807) is 0 Å². The molecule has 0 spiro atoms. The number of carbonyl (C=O) groups is 1. The maximum Gasteiger partial charge on any atom is 0.408 e. The van der Waals surface area contributed by atoms with Crippen molar-refractivity contribution >= 4 is 22.9 Å². The lowest BCUT2D eigenvalue weighted by Crippen LogP contribution is -2.64. The molecule has 17 heavy (non-hydrogen) atoms. The van der Waals surface area contributed by atoms with Crippen molar-refractivity contribution < 1.29 is 15.1 Å². The molecule has 0 saturated carbocycles. The summed E-state index contributed by atoms with van der Waals surface area (Å²) >= 11 is 6.02. The number of halogens is 1. The summed E-state index contributed by atoms with van der Waals surface area (Å²) in [5.41, 5.74) is -1.37. The van der Waals surface area contributed by atoms with E-state index >= 15 is 0 Å². The molecule has 0 aromatic heterocycles. The molecule has 0 aromatic carbocycles. The van der Waals surface area contributed by atoms with Gasteiger partial charge in [0.05, 0.1) is 0 Å². The molecule has 1 aliphatic rings. The van der Waals surface area contributed by atoms with Gasteiger partial charge in [-0.3, -0.25) is 4.90 Å². The van der Waals surface area contributed by atoms with E-state index in [4.69, 9.17) is 16.8 Å². The molecule has 1 unspecified atom stereocenters. The van der Waals surface area contributed by atoms with E-state index in [0.717, 1.165) is 12.8 Å². The Morgan fingerprint density at radius 1 is 1.41 bits per heavy atom. The van der Waals surface area contributed by atoms with Crippen molar-refractivity contribution in [3.63, 3.8) is 0 Å². The fourth-order valence-corrected chi connectivity index (χ4v) is 3.10. The van der Waals surface area contributed by atoms with E-state index in [-0.39, 0.29) is 5.17 Å². The average molecular weight is 263 g/mol. The predicted molar refractivity (Wildman–Crippen MR) is 65.8 cm³/mol. The minimum absolute atomic E-state index is 0.0490. The molecule has 1 fully saturated rings. The highest BCUT2D eigenvalue weighted by Gasteiger charge is 2.53. The van der Waals surface area contributed by atoms with E-state index in [1.165, 1.54) is 4.90 Å². The first kappa shape index (κ1) is 14.1. The number of oxime groups is 1. The van der Waals surface area contributed by atoms with Crippen LogP contribution in [0.4, 0.5) is 4.79 Å². The van der Waals surface area contributed by atoms with E-state index < -0.39 is 17.0 Å². The molecule has 98 valence electrons. The lowest BCUT2D eigenvalue weighted by molar-refractivity contribution is 0.0226. The summed E-state index contributed by atoms with van der Waals surface area (Å²) in [5.74, 6) is 0. The molecule has 1 amide bonds. The topological polar surface area (TPSA) is 73.1 Å². The predicted octanol–water partition coefficient (Wildman–Crippen LogP) is 2.96. The van der Waals surface area contributed by atoms with Gasteiger partial charge < -0.3 is 10.3 Å². The summed E-state index contributed by atoms with van der Waals surface area (Å²) in [6, 6.07) is 0. The van der Waals surface area contributed by atoms with Gasteiger partial charge in [-0.05, 0) is 24.7 Å². The Morgan fingerprint density at radius 2 is 2.00 bits per heavy atom. The van der Waals surface area contributed by atoms with Crippen molar-refractivity contribution in [2.75, 3.05) is 6.54 Å². The van der Waals surface area contributed by atoms with E-state index in [2.05, 4.69) is 5.16 Å². The van der Waals surface area contributed by atoms with Gasteiger partial charge in [-0.2, -0.15) is 0 Å². The number of rotatable bonds is 1. The lowest BCUT2D eigenvalue weighted by atomic mass is 9.68. The highest BCUT2D eigenvalue weighted by molar-refractivity contribution is 6.67. The van der Waals surface area contributed by atoms with Gasteiger partial charge >= 0.3 is 6.09 Å². The Hall–Kier alpha value is -0.970. The van der Waals surface area contributed by atoms with Gasteiger partial charge in [-0.1, -0.05) is 37.5 Å². The first-order valence-corrected chi connectivity index (χ1v) is 6.04. The van der Waals surface area contributed by atoms with Crippen LogP contribution in [-0.4, -0.2) is 38.6 Å². The van der Waals surface area contributed by atoms with E-state index in [0.29, 0.717) is 13.0 Å². The summed E-state index contributed by atoms with van der Waals surface area (Å²) in [6.07, 6.45) is 1.22. The number of amides is 1. The van der Waals surface area contributed by atoms with Gasteiger partial charge in [-0.25, -0.2) is 4.79 Å². The van der Waals surface area contributed by atoms with Crippen molar-refractivity contribution in [3.8, 4) is 0 Å². The SMILES string of the molecule is CC(C)(C)C1(/C(Cl)=N\O)CCCCN1C(=O)O. The minimum Gasteiger partial charge on any atom is -0.465 e. The zero-order chi connectivity index (χ0) is 13.3. The summed E-state index contributed by atoms with van der Waals surface area (Å²) in [5, 5.41) is 21.3. The Labute approximate surface area is 106 Å². The quantitative estimate of drug-likeness (QED) is 0.433. The second-order valence-electron chi connectivity index (χ2n) is 5.39. The molecule has 1 rings (SSSR count). The van der Waals surface area contributed by atoms with Crippen LogP contribution in [0.1, 0.15) is 40.0 Å². The van der Waals surface area contributed by atoms with Crippen LogP contribution in [0.25, 0.3) is 0 Å². The zero-order valence-electron chi connectivity index (χ0n) is 10.4. The molecular weight excluding hydrogens is 244 g/mol. The van der Waals surface area contributed by atoms with Crippen molar-refractivity contribution in [3.05, 3.63) is 0 Å². The smallest absolute Gasteiger partial charge is 0.408 e. The third-order valence-electron chi connectivity index (χ3n) is 3.53. The van der Waals surface area contributed by atoms with Crippen molar-refractivity contribution in [1.82, 2.24) is 4.90 Å². The van der Waals surface area contributed by atoms with Crippen LogP contribution in [0.3, 0.4) is 0 Å². The molecule has 1 heterocycles. The Kier molecular flexibility index (Phi) is 3.91. The summed E-state index contributed by atoms with van der Waals surface area (Å²) in [7, 11) is 0. The van der Waals surface area contributed by atoms with E-state index in [9.17, 15) is 9.90 Å². The van der Waals surface area contributed by atoms with Crippen LogP contribution in [-0.2, 0) is 0 Å². The van der Waals surface area contributed by atoms with Gasteiger partial charge in [-0.15, -0.1) is 0 Å². The third-order valence-corrected chi connectivity index (χ3v) is 3.92. The molecule has 1 saturated heterocycles. The standard InChI is InChI=1S/C11H19ClN2O3/c1-10(2,3)11(8(12)13-17)6-4-5-7-14(11)9(15)16/h17H,4-7H2,1-3H3,(H,15,16)/b13-8+. The molecule has 0 aromatic rings. The van der Waals surface area contributed by atoms with Gasteiger partial charge in [0.2, 0.25) is 0 Å². The maximum absolute atomic E-state index is 11.4. The number of nitrogens with zero attached hydrogens (tertiary/aromatic N) is 2. The Bertz CT molecular complexity index is 338. The number of likely N-dealkylation sites (tertiary alicyclic amines) is 1. The Balaban J connectivity index is 3.33. The van der Waals surface area contributed by atoms with Crippen LogP contribution in [0.15, 0.2) is 5.16 Å². The number of hydrogen-bond donors (Lipinski definition) is 2. The van der Waals surface area contributed by atoms with Crippen LogP contribution in [0, 0.1) is 5.41 Å². The fourth-order valence-electron chi connectivity index (χ4n) is 2.62.